The average Bonchev–Trinajstić information content (AvgIpc) is 2.43. The van der Waals surface area contributed by atoms with E-state index in [9.17, 15) is 9.90 Å². The van der Waals surface area contributed by atoms with Gasteiger partial charge in [0.1, 0.15) is 11.5 Å². The number of rotatable bonds is 3. The maximum atomic E-state index is 12.0. The average molecular weight is 371 g/mol. The minimum absolute atomic E-state index is 0.126. The normalized spacial score (nSPS) is 10.2. The molecule has 1 amide bonds. The molecular weight excluding hydrogens is 358 g/mol. The van der Waals surface area contributed by atoms with E-state index in [2.05, 4.69) is 15.9 Å². The molecule has 0 bridgehead atoms. The number of carbonyl (C=O) groups is 1. The number of benzene rings is 2. The quantitative estimate of drug-likeness (QED) is 0.869. The molecule has 0 unspecified atom stereocenters. The Balaban J connectivity index is 2.04. The van der Waals surface area contributed by atoms with Crippen LogP contribution in [0.5, 0.6) is 11.5 Å². The van der Waals surface area contributed by atoms with E-state index in [0.29, 0.717) is 16.3 Å². The van der Waals surface area contributed by atoms with Crippen LogP contribution >= 0.6 is 27.5 Å². The lowest BCUT2D eigenvalue weighted by molar-refractivity contribution is 0.160. The van der Waals surface area contributed by atoms with Crippen LogP contribution in [0, 0.1) is 0 Å². The van der Waals surface area contributed by atoms with Gasteiger partial charge in [0, 0.05) is 22.1 Å². The Morgan fingerprint density at radius 3 is 2.81 bits per heavy atom. The van der Waals surface area contributed by atoms with Crippen molar-refractivity contribution in [2.24, 2.45) is 0 Å². The second kappa shape index (κ2) is 6.83. The molecule has 2 rings (SSSR count). The van der Waals surface area contributed by atoms with Crippen molar-refractivity contribution in [1.82, 2.24) is 4.90 Å². The highest BCUT2D eigenvalue weighted by Crippen LogP contribution is 2.23. The summed E-state index contributed by atoms with van der Waals surface area (Å²) < 4.78 is 6.03. The predicted octanol–water partition coefficient (Wildman–Crippen LogP) is 4.44. The smallest absolute Gasteiger partial charge is 0.415 e. The van der Waals surface area contributed by atoms with Crippen molar-refractivity contribution in [2.45, 2.75) is 6.54 Å². The molecule has 2 aromatic rings. The molecule has 4 nitrogen and oxygen atoms in total. The number of amides is 1. The Hall–Kier alpha value is -1.72. The van der Waals surface area contributed by atoms with Crippen LogP contribution in [0.3, 0.4) is 0 Å². The zero-order valence-corrected chi connectivity index (χ0v) is 13.6. The SMILES string of the molecule is CN(Cc1cc(Br)ccc1O)C(=O)Oc1cccc(Cl)c1. The number of ether oxygens (including phenoxy) is 1. The Morgan fingerprint density at radius 1 is 1.33 bits per heavy atom. The van der Waals surface area contributed by atoms with Gasteiger partial charge >= 0.3 is 6.09 Å². The fourth-order valence-corrected chi connectivity index (χ4v) is 2.30. The van der Waals surface area contributed by atoms with Gasteiger partial charge in [0.2, 0.25) is 0 Å². The molecule has 2 aromatic carbocycles. The van der Waals surface area contributed by atoms with E-state index in [1.54, 1.807) is 49.5 Å². The zero-order chi connectivity index (χ0) is 15.4. The number of nitrogens with zero attached hydrogens (tertiary/aromatic N) is 1. The van der Waals surface area contributed by atoms with Crippen LogP contribution in [-0.4, -0.2) is 23.1 Å². The summed E-state index contributed by atoms with van der Waals surface area (Å²) in [7, 11) is 1.59. The molecule has 0 heterocycles. The Bertz CT molecular complexity index is 663. The van der Waals surface area contributed by atoms with Gasteiger partial charge < -0.3 is 14.7 Å². The van der Waals surface area contributed by atoms with E-state index in [1.165, 1.54) is 4.90 Å². The van der Waals surface area contributed by atoms with Gasteiger partial charge in [-0.2, -0.15) is 0 Å². The second-order valence-electron chi connectivity index (χ2n) is 4.45. The van der Waals surface area contributed by atoms with Gasteiger partial charge in [0.05, 0.1) is 6.54 Å². The Morgan fingerprint density at radius 2 is 2.10 bits per heavy atom. The molecule has 0 aromatic heterocycles. The van der Waals surface area contributed by atoms with E-state index in [1.807, 2.05) is 0 Å². The molecule has 0 fully saturated rings. The van der Waals surface area contributed by atoms with Gasteiger partial charge in [-0.3, -0.25) is 0 Å². The third-order valence-electron chi connectivity index (χ3n) is 2.76. The lowest BCUT2D eigenvalue weighted by Crippen LogP contribution is -2.29. The van der Waals surface area contributed by atoms with Gasteiger partial charge in [-0.05, 0) is 36.4 Å². The van der Waals surface area contributed by atoms with Crippen molar-refractivity contribution in [3.63, 3.8) is 0 Å². The topological polar surface area (TPSA) is 49.8 Å². The summed E-state index contributed by atoms with van der Waals surface area (Å²) in [5.74, 6) is 0.499. The molecule has 0 radical (unpaired) electrons. The molecule has 0 saturated heterocycles. The van der Waals surface area contributed by atoms with E-state index < -0.39 is 6.09 Å². The Kier molecular flexibility index (Phi) is 5.09. The van der Waals surface area contributed by atoms with Crippen molar-refractivity contribution >= 4 is 33.6 Å². The number of aromatic hydroxyl groups is 1. The van der Waals surface area contributed by atoms with E-state index in [-0.39, 0.29) is 12.3 Å². The van der Waals surface area contributed by atoms with Crippen LogP contribution < -0.4 is 4.74 Å². The predicted molar refractivity (Wildman–Crippen MR) is 84.7 cm³/mol. The third-order valence-corrected chi connectivity index (χ3v) is 3.49. The van der Waals surface area contributed by atoms with Gasteiger partial charge in [0.25, 0.3) is 0 Å². The molecular formula is C15H13BrClNO3. The first kappa shape index (κ1) is 15.7. The summed E-state index contributed by atoms with van der Waals surface area (Å²) in [6.07, 6.45) is -0.531. The Labute approximate surface area is 136 Å². The first-order valence-electron chi connectivity index (χ1n) is 6.11. The standard InChI is InChI=1S/C15H13BrClNO3/c1-18(9-10-7-11(16)5-6-14(10)19)15(20)21-13-4-2-3-12(17)8-13/h2-8,19H,9H2,1H3. The van der Waals surface area contributed by atoms with Crippen LogP contribution in [0.15, 0.2) is 46.9 Å². The minimum Gasteiger partial charge on any atom is -0.508 e. The summed E-state index contributed by atoms with van der Waals surface area (Å²) in [4.78, 5) is 13.4. The summed E-state index contributed by atoms with van der Waals surface area (Å²) >= 11 is 9.16. The monoisotopic (exact) mass is 369 g/mol. The lowest BCUT2D eigenvalue weighted by atomic mass is 10.2. The van der Waals surface area contributed by atoms with Crippen molar-refractivity contribution in [3.05, 3.63) is 57.5 Å². The summed E-state index contributed by atoms with van der Waals surface area (Å²) in [6.45, 7) is 0.227. The molecule has 6 heteroatoms. The van der Waals surface area contributed by atoms with E-state index in [0.717, 1.165) is 4.47 Å². The highest BCUT2D eigenvalue weighted by Gasteiger charge is 2.14. The van der Waals surface area contributed by atoms with E-state index >= 15 is 0 Å². The van der Waals surface area contributed by atoms with Crippen molar-refractivity contribution in [2.75, 3.05) is 7.05 Å². The van der Waals surface area contributed by atoms with Gasteiger partial charge in [-0.25, -0.2) is 4.79 Å². The van der Waals surface area contributed by atoms with Crippen molar-refractivity contribution in [1.29, 1.82) is 0 Å². The maximum absolute atomic E-state index is 12.0. The maximum Gasteiger partial charge on any atom is 0.415 e. The fourth-order valence-electron chi connectivity index (χ4n) is 1.71. The molecule has 0 spiro atoms. The number of phenolic OH excluding ortho intramolecular Hbond substituents is 1. The highest BCUT2D eigenvalue weighted by atomic mass is 79.9. The van der Waals surface area contributed by atoms with Gasteiger partial charge in [-0.1, -0.05) is 33.6 Å². The lowest BCUT2D eigenvalue weighted by Gasteiger charge is -2.17. The van der Waals surface area contributed by atoms with Gasteiger partial charge in [-0.15, -0.1) is 0 Å². The summed E-state index contributed by atoms with van der Waals surface area (Å²) in [6, 6.07) is 11.6. The van der Waals surface area contributed by atoms with Gasteiger partial charge in [0.15, 0.2) is 0 Å². The zero-order valence-electron chi connectivity index (χ0n) is 11.2. The number of carbonyl (C=O) groups excluding carboxylic acids is 1. The first-order valence-corrected chi connectivity index (χ1v) is 7.28. The number of phenols is 1. The van der Waals surface area contributed by atoms with Crippen LogP contribution in [0.4, 0.5) is 4.79 Å². The first-order chi connectivity index (χ1) is 9.95. The van der Waals surface area contributed by atoms with Crippen LogP contribution in [0.25, 0.3) is 0 Å². The third kappa shape index (κ3) is 4.37. The van der Waals surface area contributed by atoms with Crippen molar-refractivity contribution < 1.29 is 14.6 Å². The van der Waals surface area contributed by atoms with Crippen LogP contribution in [0.1, 0.15) is 5.56 Å². The minimum atomic E-state index is -0.531. The highest BCUT2D eigenvalue weighted by molar-refractivity contribution is 9.10. The summed E-state index contributed by atoms with van der Waals surface area (Å²) in [5, 5.41) is 10.3. The molecule has 21 heavy (non-hydrogen) atoms. The molecule has 110 valence electrons. The number of hydrogen-bond acceptors (Lipinski definition) is 3. The summed E-state index contributed by atoms with van der Waals surface area (Å²) in [5.41, 5.74) is 0.620. The molecule has 1 N–H and O–H groups in total. The number of hydrogen-bond donors (Lipinski definition) is 1. The largest absolute Gasteiger partial charge is 0.508 e. The molecule has 0 aliphatic rings. The van der Waals surface area contributed by atoms with Crippen LogP contribution in [-0.2, 0) is 6.54 Å². The van der Waals surface area contributed by atoms with Crippen LogP contribution in [0.2, 0.25) is 5.02 Å². The number of halogens is 2. The second-order valence-corrected chi connectivity index (χ2v) is 5.81. The molecule has 0 atom stereocenters. The molecule has 0 aliphatic carbocycles. The fraction of sp³-hybridized carbons (Fsp3) is 0.133. The molecule has 0 aliphatic heterocycles. The molecule has 0 saturated carbocycles. The van der Waals surface area contributed by atoms with Crippen molar-refractivity contribution in [3.8, 4) is 11.5 Å². The van der Waals surface area contributed by atoms with E-state index in [4.69, 9.17) is 16.3 Å².